The van der Waals surface area contributed by atoms with Crippen molar-refractivity contribution in [3.8, 4) is 12.1 Å². The van der Waals surface area contributed by atoms with Gasteiger partial charge in [0.15, 0.2) is 0 Å². The second kappa shape index (κ2) is 7.09. The van der Waals surface area contributed by atoms with Crippen LogP contribution in [0.15, 0.2) is 25.3 Å². The molecule has 0 amide bonds. The molecule has 0 bridgehead atoms. The Morgan fingerprint density at radius 3 is 1.69 bits per heavy atom. The molecule has 3 heteroatoms. The molecule has 0 aromatic carbocycles. The van der Waals surface area contributed by atoms with Gasteiger partial charge in [-0.25, -0.2) is 0 Å². The monoisotopic (exact) mass is 176 g/mol. The van der Waals surface area contributed by atoms with Crippen LogP contribution in [0.25, 0.3) is 0 Å². The molecule has 13 heavy (non-hydrogen) atoms. The molecule has 68 valence electrons. The maximum atomic E-state index is 8.41. The lowest BCUT2D eigenvalue weighted by Crippen LogP contribution is -2.17. The molecule has 0 aliphatic heterocycles. The Balaban J connectivity index is 4.05. The Morgan fingerprint density at radius 1 is 1.08 bits per heavy atom. The molecule has 0 aliphatic carbocycles. The molecule has 0 heterocycles. The Morgan fingerprint density at radius 2 is 1.46 bits per heavy atom. The van der Waals surface area contributed by atoms with E-state index in [0.29, 0.717) is 0 Å². The lowest BCUT2D eigenvalue weighted by atomic mass is 10.2. The quantitative estimate of drug-likeness (QED) is 0.581. The smallest absolute Gasteiger partial charge is 0.0891 e. The predicted octanol–water partition coefficient (Wildman–Crippen LogP) is 1.94. The summed E-state index contributed by atoms with van der Waals surface area (Å²) in [6, 6.07) is 3.95. The molecule has 0 saturated carbocycles. The Bertz CT molecular complexity index is 221. The maximum Gasteiger partial charge on any atom is 0.0891 e. The van der Waals surface area contributed by atoms with Crippen molar-refractivity contribution in [2.45, 2.75) is 25.0 Å². The largest absolute Gasteiger partial charge is 0.365 e. The zero-order valence-electron chi connectivity index (χ0n) is 7.44. The topological polar surface area (TPSA) is 56.8 Å². The molecule has 0 aromatic rings. The van der Waals surface area contributed by atoms with Gasteiger partial charge in [-0.3, -0.25) is 0 Å². The molecule has 0 saturated heterocycles. The van der Waals surface area contributed by atoms with Crippen LogP contribution in [0.5, 0.6) is 0 Å². The van der Waals surface area contributed by atoms with Crippen LogP contribution in [0, 0.1) is 22.7 Å². The standard InChI is InChI=1S/C10H12N2O/c1-3-9(5-7-11)13-10(4-2)6-8-12/h3-4,9-10H,1-2,5-6H2. The first-order valence-corrected chi connectivity index (χ1v) is 3.93. The number of hydrogen-bond acceptors (Lipinski definition) is 3. The van der Waals surface area contributed by atoms with Crippen molar-refractivity contribution in [2.75, 3.05) is 0 Å². The molecule has 0 fully saturated rings. The Kier molecular flexibility index (Phi) is 6.23. The van der Waals surface area contributed by atoms with Crippen LogP contribution in [0.2, 0.25) is 0 Å². The molecule has 3 nitrogen and oxygen atoms in total. The van der Waals surface area contributed by atoms with E-state index in [2.05, 4.69) is 13.2 Å². The van der Waals surface area contributed by atoms with Crippen LogP contribution >= 0.6 is 0 Å². The van der Waals surface area contributed by atoms with Gasteiger partial charge in [-0.2, -0.15) is 10.5 Å². The fourth-order valence-corrected chi connectivity index (χ4v) is 0.778. The minimum Gasteiger partial charge on any atom is -0.365 e. The number of rotatable bonds is 6. The molecule has 0 N–H and O–H groups in total. The van der Waals surface area contributed by atoms with E-state index in [9.17, 15) is 0 Å². The summed E-state index contributed by atoms with van der Waals surface area (Å²) in [5.74, 6) is 0. The third kappa shape index (κ3) is 4.79. The Hall–Kier alpha value is -1.58. The van der Waals surface area contributed by atoms with Crippen LogP contribution in [0.3, 0.4) is 0 Å². The first-order valence-electron chi connectivity index (χ1n) is 3.93. The van der Waals surface area contributed by atoms with E-state index >= 15 is 0 Å². The maximum absolute atomic E-state index is 8.41. The van der Waals surface area contributed by atoms with E-state index in [1.165, 1.54) is 0 Å². The fourth-order valence-electron chi connectivity index (χ4n) is 0.778. The molecule has 0 rings (SSSR count). The summed E-state index contributed by atoms with van der Waals surface area (Å²) < 4.78 is 5.35. The summed E-state index contributed by atoms with van der Waals surface area (Å²) in [7, 11) is 0. The minimum atomic E-state index is -0.318. The van der Waals surface area contributed by atoms with Crippen LogP contribution < -0.4 is 0 Å². The van der Waals surface area contributed by atoms with Crippen LogP contribution in [-0.4, -0.2) is 12.2 Å². The van der Waals surface area contributed by atoms with Gasteiger partial charge in [0.05, 0.1) is 37.2 Å². The van der Waals surface area contributed by atoms with E-state index in [1.54, 1.807) is 12.2 Å². The summed E-state index contributed by atoms with van der Waals surface area (Å²) in [5.41, 5.74) is 0. The number of nitriles is 2. The molecular weight excluding hydrogens is 164 g/mol. The number of hydrogen-bond donors (Lipinski definition) is 0. The average Bonchev–Trinajstić information content (AvgIpc) is 2.16. The van der Waals surface area contributed by atoms with E-state index in [0.717, 1.165) is 0 Å². The summed E-state index contributed by atoms with van der Waals surface area (Å²) in [6.45, 7) is 7.07. The summed E-state index contributed by atoms with van der Waals surface area (Å²) >= 11 is 0. The highest BCUT2D eigenvalue weighted by Crippen LogP contribution is 2.07. The second-order valence-electron chi connectivity index (χ2n) is 2.41. The lowest BCUT2D eigenvalue weighted by Gasteiger charge is -2.15. The van der Waals surface area contributed by atoms with Crippen LogP contribution in [0.4, 0.5) is 0 Å². The van der Waals surface area contributed by atoms with Gasteiger partial charge < -0.3 is 4.74 Å². The molecule has 0 spiro atoms. The van der Waals surface area contributed by atoms with Crippen molar-refractivity contribution >= 4 is 0 Å². The van der Waals surface area contributed by atoms with Crippen molar-refractivity contribution in [3.63, 3.8) is 0 Å². The van der Waals surface area contributed by atoms with E-state index in [-0.39, 0.29) is 25.0 Å². The SMILES string of the molecule is C=CC(CC#N)OC(C=C)CC#N. The van der Waals surface area contributed by atoms with Crippen molar-refractivity contribution < 1.29 is 4.74 Å². The van der Waals surface area contributed by atoms with Crippen LogP contribution in [-0.2, 0) is 4.74 Å². The minimum absolute atomic E-state index is 0.249. The zero-order chi connectivity index (χ0) is 10.1. The number of ether oxygens (including phenoxy) is 1. The highest BCUT2D eigenvalue weighted by molar-refractivity contribution is 4.94. The first-order chi connectivity index (χ1) is 6.28. The van der Waals surface area contributed by atoms with Gasteiger partial charge in [-0.15, -0.1) is 13.2 Å². The van der Waals surface area contributed by atoms with Gasteiger partial charge in [-0.05, 0) is 0 Å². The van der Waals surface area contributed by atoms with Gasteiger partial charge in [0, 0.05) is 0 Å². The van der Waals surface area contributed by atoms with Crippen molar-refractivity contribution in [2.24, 2.45) is 0 Å². The highest BCUT2D eigenvalue weighted by atomic mass is 16.5. The highest BCUT2D eigenvalue weighted by Gasteiger charge is 2.10. The second-order valence-corrected chi connectivity index (χ2v) is 2.41. The first kappa shape index (κ1) is 11.4. The molecular formula is C10H12N2O. The van der Waals surface area contributed by atoms with E-state index in [1.807, 2.05) is 12.1 Å². The number of nitrogens with zero attached hydrogens (tertiary/aromatic N) is 2. The van der Waals surface area contributed by atoms with Crippen molar-refractivity contribution in [3.05, 3.63) is 25.3 Å². The molecule has 2 atom stereocenters. The van der Waals surface area contributed by atoms with Gasteiger partial charge in [-0.1, -0.05) is 12.2 Å². The zero-order valence-corrected chi connectivity index (χ0v) is 7.44. The van der Waals surface area contributed by atoms with Crippen molar-refractivity contribution in [1.82, 2.24) is 0 Å². The molecule has 2 unspecified atom stereocenters. The summed E-state index contributed by atoms with van der Waals surface area (Å²) in [4.78, 5) is 0. The summed E-state index contributed by atoms with van der Waals surface area (Å²) in [5, 5.41) is 16.8. The predicted molar refractivity (Wildman–Crippen MR) is 49.5 cm³/mol. The van der Waals surface area contributed by atoms with E-state index in [4.69, 9.17) is 15.3 Å². The average molecular weight is 176 g/mol. The van der Waals surface area contributed by atoms with Gasteiger partial charge in [0.1, 0.15) is 0 Å². The normalized spacial score (nSPS) is 13.4. The molecule has 0 aromatic heterocycles. The van der Waals surface area contributed by atoms with Gasteiger partial charge >= 0.3 is 0 Å². The van der Waals surface area contributed by atoms with Crippen molar-refractivity contribution in [1.29, 1.82) is 10.5 Å². The molecule has 0 aliphatic rings. The lowest BCUT2D eigenvalue weighted by molar-refractivity contribution is 0.0472. The third-order valence-electron chi connectivity index (χ3n) is 1.46. The third-order valence-corrected chi connectivity index (χ3v) is 1.46. The fraction of sp³-hybridized carbons (Fsp3) is 0.400. The Labute approximate surface area is 78.5 Å². The summed E-state index contributed by atoms with van der Waals surface area (Å²) in [6.07, 6.45) is 2.97. The van der Waals surface area contributed by atoms with E-state index < -0.39 is 0 Å². The molecule has 0 radical (unpaired) electrons. The van der Waals surface area contributed by atoms with Gasteiger partial charge in [0.25, 0.3) is 0 Å². The van der Waals surface area contributed by atoms with Gasteiger partial charge in [0.2, 0.25) is 0 Å². The van der Waals surface area contributed by atoms with Crippen LogP contribution in [0.1, 0.15) is 12.8 Å².